The number of benzene rings is 1. The predicted octanol–water partition coefficient (Wildman–Crippen LogP) is 2.00. The normalized spacial score (nSPS) is 14.1. The third-order valence-electron chi connectivity index (χ3n) is 3.39. The van der Waals surface area contributed by atoms with Crippen LogP contribution in [0.2, 0.25) is 0 Å². The van der Waals surface area contributed by atoms with Gasteiger partial charge in [0, 0.05) is 12.2 Å². The second kappa shape index (κ2) is 6.89. The van der Waals surface area contributed by atoms with E-state index in [1.54, 1.807) is 0 Å². The first-order valence-electron chi connectivity index (χ1n) is 7.33. The van der Waals surface area contributed by atoms with Crippen molar-refractivity contribution in [1.29, 1.82) is 0 Å². The van der Waals surface area contributed by atoms with E-state index in [1.807, 2.05) is 6.92 Å². The molecule has 0 saturated heterocycles. The molecule has 1 aliphatic heterocycles. The van der Waals surface area contributed by atoms with Gasteiger partial charge in [0.1, 0.15) is 0 Å². The zero-order valence-electron chi connectivity index (χ0n) is 12.5. The van der Waals surface area contributed by atoms with Gasteiger partial charge in [-0.05, 0) is 18.6 Å². The van der Waals surface area contributed by atoms with Crippen LogP contribution >= 0.6 is 0 Å². The lowest BCUT2D eigenvalue weighted by Gasteiger charge is -2.15. The fourth-order valence-electron chi connectivity index (χ4n) is 2.23. The Balaban J connectivity index is 2.35. The molecule has 2 amide bonds. The number of unbranched alkanes of at least 4 members (excludes halogenated alkanes) is 3. The number of fused-ring (bicyclic) bond motifs is 1. The fraction of sp³-hybridized carbons (Fsp3) is 0.467. The monoisotopic (exact) mass is 327 g/mol. The zero-order valence-corrected chi connectivity index (χ0v) is 12.5. The van der Waals surface area contributed by atoms with E-state index in [2.05, 4.69) is 15.3 Å². The summed E-state index contributed by atoms with van der Waals surface area (Å²) < 4.78 is 39.5. The van der Waals surface area contributed by atoms with Crippen molar-refractivity contribution in [2.75, 3.05) is 11.9 Å². The van der Waals surface area contributed by atoms with Gasteiger partial charge >= 0.3 is 18.0 Å². The summed E-state index contributed by atoms with van der Waals surface area (Å²) in [6.07, 6.45) is -0.892. The van der Waals surface area contributed by atoms with Crippen molar-refractivity contribution in [2.24, 2.45) is 9.98 Å². The van der Waals surface area contributed by atoms with Crippen LogP contribution in [0.1, 0.15) is 38.2 Å². The van der Waals surface area contributed by atoms with E-state index in [0.717, 1.165) is 37.8 Å². The lowest BCUT2D eigenvalue weighted by molar-refractivity contribution is -0.137. The molecule has 0 saturated carbocycles. The molecule has 0 aromatic heterocycles. The van der Waals surface area contributed by atoms with Crippen molar-refractivity contribution in [2.45, 2.75) is 38.8 Å². The van der Waals surface area contributed by atoms with Gasteiger partial charge in [0.15, 0.2) is 0 Å². The van der Waals surface area contributed by atoms with E-state index in [1.165, 1.54) is 0 Å². The van der Waals surface area contributed by atoms with Gasteiger partial charge in [-0.1, -0.05) is 26.2 Å². The van der Waals surface area contributed by atoms with E-state index < -0.39 is 23.6 Å². The number of hydrogen-bond acceptors (Lipinski definition) is 3. The maximum absolute atomic E-state index is 13.2. The summed E-state index contributed by atoms with van der Waals surface area (Å²) >= 11 is 0. The average Bonchev–Trinajstić information content (AvgIpc) is 2.47. The van der Waals surface area contributed by atoms with Crippen LogP contribution in [-0.4, -0.2) is 18.4 Å². The van der Waals surface area contributed by atoms with Crippen LogP contribution in [0.25, 0.3) is 0 Å². The molecule has 23 heavy (non-hydrogen) atoms. The largest absolute Gasteiger partial charge is 0.418 e. The Labute approximate surface area is 130 Å². The Morgan fingerprint density at radius 3 is 2.17 bits per heavy atom. The highest BCUT2D eigenvalue weighted by atomic mass is 19.4. The number of hydrogen-bond donors (Lipinski definition) is 1. The molecular formula is C15H16F3N3O2. The van der Waals surface area contributed by atoms with Crippen LogP contribution in [0.3, 0.4) is 0 Å². The number of alkyl halides is 3. The number of nitrogens with one attached hydrogen (secondary N) is 1. The van der Waals surface area contributed by atoms with Gasteiger partial charge in [-0.3, -0.25) is 9.59 Å². The molecule has 0 atom stereocenters. The molecule has 0 spiro atoms. The number of carbonyl (C=O) groups is 2. The molecule has 0 fully saturated rings. The number of amides is 2. The van der Waals surface area contributed by atoms with Crippen LogP contribution in [0.5, 0.6) is 0 Å². The Morgan fingerprint density at radius 2 is 1.61 bits per heavy atom. The topological polar surface area (TPSA) is 70.9 Å². The number of carbonyl (C=O) groups excluding carboxylic acids is 2. The lowest BCUT2D eigenvalue weighted by Crippen LogP contribution is -2.36. The second-order valence-electron chi connectivity index (χ2n) is 5.21. The SMILES string of the molecule is CCCCCCNc1cc2c(cc1C(F)(F)F)=NC(=O)C(=O)N=2. The molecule has 1 aromatic rings. The lowest BCUT2D eigenvalue weighted by atomic mass is 10.1. The Kier molecular flexibility index (Phi) is 5.12. The predicted molar refractivity (Wildman–Crippen MR) is 76.4 cm³/mol. The summed E-state index contributed by atoms with van der Waals surface area (Å²) in [5.41, 5.74) is -1.08. The number of anilines is 1. The first kappa shape index (κ1) is 17.1. The second-order valence-corrected chi connectivity index (χ2v) is 5.21. The van der Waals surface area contributed by atoms with E-state index in [0.29, 0.717) is 6.54 Å². The van der Waals surface area contributed by atoms with Crippen molar-refractivity contribution in [3.63, 3.8) is 0 Å². The molecule has 1 N–H and O–H groups in total. The third kappa shape index (κ3) is 4.14. The first-order chi connectivity index (χ1) is 10.8. The van der Waals surface area contributed by atoms with Crippen molar-refractivity contribution in [1.82, 2.24) is 0 Å². The molecule has 0 aliphatic carbocycles. The molecule has 1 aromatic carbocycles. The van der Waals surface area contributed by atoms with Crippen molar-refractivity contribution >= 4 is 17.5 Å². The van der Waals surface area contributed by atoms with Crippen molar-refractivity contribution in [3.05, 3.63) is 28.4 Å². The van der Waals surface area contributed by atoms with Gasteiger partial charge in [0.05, 0.1) is 16.3 Å². The molecule has 8 heteroatoms. The minimum atomic E-state index is -4.60. The Hall–Kier alpha value is -2.25. The summed E-state index contributed by atoms with van der Waals surface area (Å²) in [6, 6.07) is 1.86. The maximum Gasteiger partial charge on any atom is 0.418 e. The van der Waals surface area contributed by atoms with Crippen molar-refractivity contribution in [3.8, 4) is 0 Å². The number of halogens is 3. The van der Waals surface area contributed by atoms with Crippen LogP contribution < -0.4 is 16.0 Å². The van der Waals surface area contributed by atoms with Gasteiger partial charge in [0.2, 0.25) is 0 Å². The van der Waals surface area contributed by atoms with Gasteiger partial charge in [0.25, 0.3) is 0 Å². The van der Waals surface area contributed by atoms with Crippen molar-refractivity contribution < 1.29 is 22.8 Å². The van der Waals surface area contributed by atoms with Crippen LogP contribution in [0.15, 0.2) is 22.1 Å². The highest BCUT2D eigenvalue weighted by Crippen LogP contribution is 2.33. The van der Waals surface area contributed by atoms with E-state index in [4.69, 9.17) is 0 Å². The smallest absolute Gasteiger partial charge is 0.384 e. The van der Waals surface area contributed by atoms with Crippen LogP contribution in [0, 0.1) is 0 Å². The highest BCUT2D eigenvalue weighted by Gasteiger charge is 2.34. The van der Waals surface area contributed by atoms with Gasteiger partial charge in [-0.2, -0.15) is 13.2 Å². The average molecular weight is 327 g/mol. The summed E-state index contributed by atoms with van der Waals surface area (Å²) in [5, 5.41) is 2.47. The maximum atomic E-state index is 13.2. The number of rotatable bonds is 6. The van der Waals surface area contributed by atoms with Crippen LogP contribution in [0.4, 0.5) is 18.9 Å². The highest BCUT2D eigenvalue weighted by molar-refractivity contribution is 6.36. The summed E-state index contributed by atoms with van der Waals surface area (Å²) in [5.74, 6) is -2.24. The molecule has 1 heterocycles. The van der Waals surface area contributed by atoms with Crippen LogP contribution in [-0.2, 0) is 15.8 Å². The first-order valence-corrected chi connectivity index (χ1v) is 7.33. The minimum absolute atomic E-state index is 0.0290. The molecule has 5 nitrogen and oxygen atoms in total. The Morgan fingerprint density at radius 1 is 1.00 bits per heavy atom. The zero-order chi connectivity index (χ0) is 17.0. The molecule has 0 bridgehead atoms. The van der Waals surface area contributed by atoms with E-state index in [9.17, 15) is 22.8 Å². The molecule has 0 radical (unpaired) electrons. The van der Waals surface area contributed by atoms with Gasteiger partial charge in [-0.25, -0.2) is 9.98 Å². The summed E-state index contributed by atoms with van der Waals surface area (Å²) in [6.45, 7) is 2.42. The molecule has 2 rings (SSSR count). The minimum Gasteiger partial charge on any atom is -0.384 e. The van der Waals surface area contributed by atoms with Gasteiger partial charge in [-0.15, -0.1) is 0 Å². The quantitative estimate of drug-likeness (QED) is 0.642. The molecule has 1 aliphatic rings. The fourth-order valence-corrected chi connectivity index (χ4v) is 2.23. The standard InChI is InChI=1S/C15H16F3N3O2/c1-2-3-4-5-6-19-10-8-12-11(7-9(10)15(16,17)18)20-13(22)14(23)21-12/h7-8,19H,2-6H2,1H3. The Bertz CT molecular complexity index is 742. The third-order valence-corrected chi connectivity index (χ3v) is 3.39. The van der Waals surface area contributed by atoms with E-state index >= 15 is 0 Å². The number of nitrogens with zero attached hydrogens (tertiary/aromatic N) is 2. The van der Waals surface area contributed by atoms with Gasteiger partial charge < -0.3 is 5.32 Å². The summed E-state index contributed by atoms with van der Waals surface area (Å²) in [7, 11) is 0. The molecular weight excluding hydrogens is 311 g/mol. The van der Waals surface area contributed by atoms with E-state index in [-0.39, 0.29) is 16.4 Å². The summed E-state index contributed by atoms with van der Waals surface area (Å²) in [4.78, 5) is 29.2. The molecule has 0 unspecified atom stereocenters. The molecule has 124 valence electrons.